The Hall–Kier alpha value is -3.09. The Kier molecular flexibility index (Phi) is 4.66. The second kappa shape index (κ2) is 7.26. The van der Waals surface area contributed by atoms with Crippen LogP contribution in [0.4, 0.5) is 8.78 Å². The minimum Gasteiger partial charge on any atom is -0.339 e. The van der Waals surface area contributed by atoms with E-state index in [4.69, 9.17) is 4.52 Å². The van der Waals surface area contributed by atoms with Crippen LogP contribution in [0.25, 0.3) is 0 Å². The predicted octanol–water partition coefficient (Wildman–Crippen LogP) is 3.37. The van der Waals surface area contributed by atoms with Gasteiger partial charge >= 0.3 is 0 Å². The molecule has 0 unspecified atom stereocenters. The number of carbonyl (C=O) groups is 1. The Morgan fingerprint density at radius 1 is 1.07 bits per heavy atom. The van der Waals surface area contributed by atoms with Gasteiger partial charge in [-0.2, -0.15) is 4.98 Å². The van der Waals surface area contributed by atoms with Crippen molar-refractivity contribution in [3.05, 3.63) is 83.0 Å². The number of benzene rings is 2. The number of likely N-dealkylation sites (tertiary alicyclic amines) is 1. The molecule has 2 aromatic carbocycles. The first-order valence-electron chi connectivity index (χ1n) is 8.70. The summed E-state index contributed by atoms with van der Waals surface area (Å²) < 4.78 is 31.8. The van der Waals surface area contributed by atoms with Crippen LogP contribution in [-0.4, -0.2) is 34.0 Å². The van der Waals surface area contributed by atoms with Crippen LogP contribution in [0.15, 0.2) is 53.1 Å². The molecule has 7 heteroatoms. The van der Waals surface area contributed by atoms with Crippen molar-refractivity contribution in [1.82, 2.24) is 15.0 Å². The molecule has 4 rings (SSSR count). The van der Waals surface area contributed by atoms with Crippen LogP contribution in [0, 0.1) is 11.6 Å². The van der Waals surface area contributed by atoms with Crippen molar-refractivity contribution >= 4 is 5.91 Å². The fourth-order valence-corrected chi connectivity index (χ4v) is 3.10. The van der Waals surface area contributed by atoms with E-state index in [1.807, 2.05) is 30.3 Å². The Balaban J connectivity index is 1.33. The zero-order valence-electron chi connectivity index (χ0n) is 14.4. The monoisotopic (exact) mass is 369 g/mol. The topological polar surface area (TPSA) is 59.2 Å². The van der Waals surface area contributed by atoms with Crippen LogP contribution in [0.2, 0.25) is 0 Å². The van der Waals surface area contributed by atoms with Gasteiger partial charge in [-0.05, 0) is 24.1 Å². The maximum Gasteiger partial charge on any atom is 0.254 e. The maximum absolute atomic E-state index is 13.3. The highest BCUT2D eigenvalue weighted by Gasteiger charge is 2.36. The fraction of sp³-hybridized carbons (Fsp3) is 0.250. The van der Waals surface area contributed by atoms with E-state index >= 15 is 0 Å². The van der Waals surface area contributed by atoms with Gasteiger partial charge in [0.25, 0.3) is 5.91 Å². The van der Waals surface area contributed by atoms with Crippen LogP contribution < -0.4 is 0 Å². The van der Waals surface area contributed by atoms with E-state index in [0.29, 0.717) is 31.2 Å². The van der Waals surface area contributed by atoms with Crippen molar-refractivity contribution in [2.24, 2.45) is 0 Å². The molecule has 5 nitrogen and oxygen atoms in total. The van der Waals surface area contributed by atoms with Gasteiger partial charge in [0.2, 0.25) is 5.89 Å². The molecule has 0 spiro atoms. The number of hydrogen-bond donors (Lipinski definition) is 0. The van der Waals surface area contributed by atoms with E-state index < -0.39 is 17.5 Å². The molecule has 0 saturated carbocycles. The molecule has 138 valence electrons. The molecule has 0 aliphatic carbocycles. The maximum atomic E-state index is 13.3. The fourth-order valence-electron chi connectivity index (χ4n) is 3.10. The molecule has 1 amide bonds. The Morgan fingerprint density at radius 3 is 2.48 bits per heavy atom. The summed E-state index contributed by atoms with van der Waals surface area (Å²) in [6, 6.07) is 12.9. The summed E-state index contributed by atoms with van der Waals surface area (Å²) in [4.78, 5) is 18.2. The van der Waals surface area contributed by atoms with Crippen LogP contribution in [0.3, 0.4) is 0 Å². The number of rotatable bonds is 5. The smallest absolute Gasteiger partial charge is 0.254 e. The zero-order valence-corrected chi connectivity index (χ0v) is 14.4. The molecule has 3 aromatic rings. The first kappa shape index (κ1) is 17.3. The molecule has 0 N–H and O–H groups in total. The minimum atomic E-state index is -0.768. The van der Waals surface area contributed by atoms with Crippen LogP contribution in [0.1, 0.15) is 33.6 Å². The van der Waals surface area contributed by atoms with Gasteiger partial charge in [-0.15, -0.1) is 0 Å². The van der Waals surface area contributed by atoms with E-state index in [9.17, 15) is 13.6 Å². The average Bonchev–Trinajstić information content (AvgIpc) is 3.07. The first-order chi connectivity index (χ1) is 13.1. The molecule has 0 bridgehead atoms. The SMILES string of the molecule is O=C(c1cc(F)cc(F)c1)N1CC(c2nc(CCc3ccccc3)no2)C1. The molecule has 2 heterocycles. The van der Waals surface area contributed by atoms with Crippen LogP contribution in [0.5, 0.6) is 0 Å². The van der Waals surface area contributed by atoms with Crippen molar-refractivity contribution in [1.29, 1.82) is 0 Å². The lowest BCUT2D eigenvalue weighted by Gasteiger charge is -2.37. The molecule has 0 radical (unpaired) electrons. The summed E-state index contributed by atoms with van der Waals surface area (Å²) in [5, 5.41) is 4.00. The van der Waals surface area contributed by atoms with Gasteiger partial charge in [-0.1, -0.05) is 35.5 Å². The van der Waals surface area contributed by atoms with Gasteiger partial charge in [0, 0.05) is 31.1 Å². The summed E-state index contributed by atoms with van der Waals surface area (Å²) in [7, 11) is 0. The predicted molar refractivity (Wildman–Crippen MR) is 93.2 cm³/mol. The molecule has 27 heavy (non-hydrogen) atoms. The summed E-state index contributed by atoms with van der Waals surface area (Å²) in [5.41, 5.74) is 1.20. The molecule has 1 aliphatic rings. The number of nitrogens with zero attached hydrogens (tertiary/aromatic N) is 3. The Labute approximate surface area is 154 Å². The lowest BCUT2D eigenvalue weighted by molar-refractivity contribution is 0.0568. The summed E-state index contributed by atoms with van der Waals surface area (Å²) in [6.45, 7) is 0.772. The lowest BCUT2D eigenvalue weighted by Crippen LogP contribution is -2.48. The van der Waals surface area contributed by atoms with Gasteiger partial charge in [-0.3, -0.25) is 4.79 Å². The highest BCUT2D eigenvalue weighted by Crippen LogP contribution is 2.27. The van der Waals surface area contributed by atoms with Crippen molar-refractivity contribution in [3.63, 3.8) is 0 Å². The van der Waals surface area contributed by atoms with Crippen LogP contribution in [-0.2, 0) is 12.8 Å². The molecular weight excluding hydrogens is 352 g/mol. The number of aryl methyl sites for hydroxylation is 2. The summed E-state index contributed by atoms with van der Waals surface area (Å²) in [5.74, 6) is -0.872. The Morgan fingerprint density at radius 2 is 1.78 bits per heavy atom. The van der Waals surface area contributed by atoms with Gasteiger partial charge < -0.3 is 9.42 Å². The zero-order chi connectivity index (χ0) is 18.8. The standard InChI is InChI=1S/C20H17F2N3O2/c21-16-8-14(9-17(22)10-16)20(26)25-11-15(12-25)19-23-18(24-27-19)7-6-13-4-2-1-3-5-13/h1-5,8-10,15H,6-7,11-12H2. The molecule has 1 fully saturated rings. The van der Waals surface area contributed by atoms with Crippen LogP contribution >= 0.6 is 0 Å². The number of halogens is 2. The number of carbonyl (C=O) groups excluding carboxylic acids is 1. The second-order valence-electron chi connectivity index (χ2n) is 6.60. The van der Waals surface area contributed by atoms with Gasteiger partial charge in [-0.25, -0.2) is 8.78 Å². The second-order valence-corrected chi connectivity index (χ2v) is 6.60. The molecule has 1 saturated heterocycles. The molecular formula is C20H17F2N3O2. The number of aromatic nitrogens is 2. The van der Waals surface area contributed by atoms with Gasteiger partial charge in [0.05, 0.1) is 5.92 Å². The summed E-state index contributed by atoms with van der Waals surface area (Å²) in [6.07, 6.45) is 1.49. The number of amides is 1. The van der Waals surface area contributed by atoms with Crippen molar-refractivity contribution in [2.45, 2.75) is 18.8 Å². The van der Waals surface area contributed by atoms with E-state index in [0.717, 1.165) is 24.6 Å². The highest BCUT2D eigenvalue weighted by molar-refractivity contribution is 5.94. The third-order valence-electron chi connectivity index (χ3n) is 4.59. The normalized spacial score (nSPS) is 14.2. The Bertz CT molecular complexity index is 933. The van der Waals surface area contributed by atoms with Gasteiger partial charge in [0.15, 0.2) is 5.82 Å². The van der Waals surface area contributed by atoms with Crippen molar-refractivity contribution in [3.8, 4) is 0 Å². The third-order valence-corrected chi connectivity index (χ3v) is 4.59. The van der Waals surface area contributed by atoms with E-state index in [-0.39, 0.29) is 11.5 Å². The van der Waals surface area contributed by atoms with E-state index in [1.165, 1.54) is 10.5 Å². The van der Waals surface area contributed by atoms with E-state index in [2.05, 4.69) is 10.1 Å². The largest absolute Gasteiger partial charge is 0.339 e. The first-order valence-corrected chi connectivity index (χ1v) is 8.70. The average molecular weight is 369 g/mol. The third kappa shape index (κ3) is 3.86. The van der Waals surface area contributed by atoms with Crippen molar-refractivity contribution in [2.75, 3.05) is 13.1 Å². The highest BCUT2D eigenvalue weighted by atomic mass is 19.1. The molecule has 1 aromatic heterocycles. The van der Waals surface area contributed by atoms with E-state index in [1.54, 1.807) is 0 Å². The number of hydrogen-bond acceptors (Lipinski definition) is 4. The quantitative estimate of drug-likeness (QED) is 0.692. The van der Waals surface area contributed by atoms with Gasteiger partial charge in [0.1, 0.15) is 11.6 Å². The molecule has 0 atom stereocenters. The molecule has 1 aliphatic heterocycles. The minimum absolute atomic E-state index is 0.0000271. The van der Waals surface area contributed by atoms with Crippen molar-refractivity contribution < 1.29 is 18.1 Å². The summed E-state index contributed by atoms with van der Waals surface area (Å²) >= 11 is 0. The lowest BCUT2D eigenvalue weighted by atomic mass is 9.98.